The Kier molecular flexibility index (Phi) is 4.88. The number of hydrogen-bond acceptors (Lipinski definition) is 2. The van der Waals surface area contributed by atoms with Crippen LogP contribution >= 0.6 is 0 Å². The van der Waals surface area contributed by atoms with Crippen molar-refractivity contribution in [3.05, 3.63) is 53.8 Å². The molecule has 2 aromatic carbocycles. The van der Waals surface area contributed by atoms with Crippen LogP contribution in [0.5, 0.6) is 5.75 Å². The molecule has 0 saturated heterocycles. The SMILES string of the molecule is COc1ccc([NH-])cc1-c1cccc(C#N)c1.[Zn]. The minimum atomic E-state index is 0. The van der Waals surface area contributed by atoms with Crippen LogP contribution < -0.4 is 4.74 Å². The normalized spacial score (nSPS) is 9.11. The van der Waals surface area contributed by atoms with E-state index < -0.39 is 0 Å². The van der Waals surface area contributed by atoms with Gasteiger partial charge in [-0.15, -0.1) is 5.69 Å². The zero-order chi connectivity index (χ0) is 12.3. The van der Waals surface area contributed by atoms with Crippen molar-refractivity contribution >= 4 is 5.69 Å². The van der Waals surface area contributed by atoms with Crippen LogP contribution in [0.25, 0.3) is 16.9 Å². The summed E-state index contributed by atoms with van der Waals surface area (Å²) in [6.07, 6.45) is 0. The topological polar surface area (TPSA) is 56.8 Å². The first-order valence-electron chi connectivity index (χ1n) is 5.15. The van der Waals surface area contributed by atoms with E-state index in [4.69, 9.17) is 15.7 Å². The Morgan fingerprint density at radius 3 is 2.61 bits per heavy atom. The maximum atomic E-state index is 8.87. The van der Waals surface area contributed by atoms with Crippen molar-refractivity contribution in [1.82, 2.24) is 0 Å². The second-order valence-corrected chi connectivity index (χ2v) is 3.61. The molecule has 2 aromatic rings. The van der Waals surface area contributed by atoms with E-state index in [0.29, 0.717) is 17.0 Å². The van der Waals surface area contributed by atoms with Crippen LogP contribution in [0.3, 0.4) is 0 Å². The summed E-state index contributed by atoms with van der Waals surface area (Å²) in [6.45, 7) is 0. The molecule has 0 aliphatic heterocycles. The number of benzene rings is 2. The van der Waals surface area contributed by atoms with Crippen LogP contribution in [0, 0.1) is 11.3 Å². The summed E-state index contributed by atoms with van der Waals surface area (Å²) in [5, 5.41) is 8.87. The fourth-order valence-electron chi connectivity index (χ4n) is 1.69. The van der Waals surface area contributed by atoms with Crippen molar-refractivity contribution in [2.75, 3.05) is 7.11 Å². The number of methoxy groups -OCH3 is 1. The summed E-state index contributed by atoms with van der Waals surface area (Å²) in [5.41, 5.74) is 10.4. The second kappa shape index (κ2) is 6.19. The second-order valence-electron chi connectivity index (χ2n) is 3.61. The molecule has 0 spiro atoms. The van der Waals surface area contributed by atoms with E-state index in [1.54, 1.807) is 37.4 Å². The summed E-state index contributed by atoms with van der Waals surface area (Å²) >= 11 is 0. The number of nitriles is 1. The molecular formula is C14H11N2OZn-. The Bertz CT molecular complexity index is 591. The molecule has 0 unspecified atom stereocenters. The quantitative estimate of drug-likeness (QED) is 0.787. The van der Waals surface area contributed by atoms with Crippen molar-refractivity contribution in [2.45, 2.75) is 0 Å². The monoisotopic (exact) mass is 287 g/mol. The third-order valence-electron chi connectivity index (χ3n) is 2.50. The fourth-order valence-corrected chi connectivity index (χ4v) is 1.69. The summed E-state index contributed by atoms with van der Waals surface area (Å²) < 4.78 is 5.26. The molecule has 1 N–H and O–H groups in total. The van der Waals surface area contributed by atoms with E-state index in [2.05, 4.69) is 6.07 Å². The molecule has 0 atom stereocenters. The van der Waals surface area contributed by atoms with Gasteiger partial charge in [0, 0.05) is 25.0 Å². The fraction of sp³-hybridized carbons (Fsp3) is 0.0714. The Labute approximate surface area is 119 Å². The number of nitrogens with zero attached hydrogens (tertiary/aromatic N) is 1. The molecule has 0 radical (unpaired) electrons. The van der Waals surface area contributed by atoms with Crippen LogP contribution in [-0.4, -0.2) is 7.11 Å². The van der Waals surface area contributed by atoms with Gasteiger partial charge in [-0.25, -0.2) is 0 Å². The first-order valence-corrected chi connectivity index (χ1v) is 5.15. The van der Waals surface area contributed by atoms with Gasteiger partial charge in [-0.2, -0.15) is 5.26 Å². The first-order chi connectivity index (χ1) is 8.24. The summed E-state index contributed by atoms with van der Waals surface area (Å²) in [4.78, 5) is 0. The summed E-state index contributed by atoms with van der Waals surface area (Å²) in [5.74, 6) is 0.705. The number of nitrogens with one attached hydrogen (secondary N) is 1. The summed E-state index contributed by atoms with van der Waals surface area (Å²) in [6, 6.07) is 14.5. The molecule has 4 heteroatoms. The smallest absolute Gasteiger partial charge is 0.126 e. The van der Waals surface area contributed by atoms with Gasteiger partial charge in [0.15, 0.2) is 0 Å². The minimum absolute atomic E-state index is 0. The maximum absolute atomic E-state index is 8.87. The van der Waals surface area contributed by atoms with Crippen LogP contribution in [0.15, 0.2) is 42.5 Å². The summed E-state index contributed by atoms with van der Waals surface area (Å²) in [7, 11) is 1.59. The van der Waals surface area contributed by atoms with Gasteiger partial charge in [-0.05, 0) is 23.8 Å². The van der Waals surface area contributed by atoms with E-state index >= 15 is 0 Å². The van der Waals surface area contributed by atoms with Gasteiger partial charge in [-0.1, -0.05) is 24.3 Å². The Hall–Kier alpha value is -1.85. The standard InChI is InChI=1S/C14H11N2O.Zn/c1-17-14-6-5-12(16)8-13(14)11-4-2-3-10(7-11)9-15;/h2-8,16H,1H3;/q-1;. The third kappa shape index (κ3) is 2.88. The number of rotatable bonds is 2. The zero-order valence-electron chi connectivity index (χ0n) is 10.1. The molecule has 0 aliphatic carbocycles. The number of hydrogen-bond donors (Lipinski definition) is 0. The molecule has 0 aromatic heterocycles. The zero-order valence-corrected chi connectivity index (χ0v) is 13.1. The minimum Gasteiger partial charge on any atom is -0.699 e. The molecule has 0 aliphatic rings. The predicted molar refractivity (Wildman–Crippen MR) is 67.1 cm³/mol. The van der Waals surface area contributed by atoms with Gasteiger partial charge in [0.1, 0.15) is 5.75 Å². The van der Waals surface area contributed by atoms with Crippen LogP contribution in [-0.2, 0) is 19.5 Å². The molecule has 86 valence electrons. The van der Waals surface area contributed by atoms with Gasteiger partial charge < -0.3 is 10.5 Å². The molecule has 0 fully saturated rings. The third-order valence-corrected chi connectivity index (χ3v) is 2.50. The molecule has 2 rings (SSSR count). The van der Waals surface area contributed by atoms with Crippen LogP contribution in [0.1, 0.15) is 5.56 Å². The average molecular weight is 289 g/mol. The Morgan fingerprint density at radius 1 is 1.17 bits per heavy atom. The van der Waals surface area contributed by atoms with Crippen molar-refractivity contribution in [3.63, 3.8) is 0 Å². The Balaban J connectivity index is 0.00000162. The van der Waals surface area contributed by atoms with E-state index in [9.17, 15) is 0 Å². The molecule has 0 amide bonds. The largest absolute Gasteiger partial charge is 0.699 e. The van der Waals surface area contributed by atoms with Gasteiger partial charge in [-0.3, -0.25) is 0 Å². The van der Waals surface area contributed by atoms with Crippen molar-refractivity contribution < 1.29 is 24.2 Å². The van der Waals surface area contributed by atoms with Gasteiger partial charge in [0.2, 0.25) is 0 Å². The van der Waals surface area contributed by atoms with Crippen molar-refractivity contribution in [3.8, 4) is 22.9 Å². The molecule has 3 nitrogen and oxygen atoms in total. The van der Waals surface area contributed by atoms with E-state index in [0.717, 1.165) is 11.1 Å². The molecule has 0 bridgehead atoms. The van der Waals surface area contributed by atoms with Crippen molar-refractivity contribution in [2.24, 2.45) is 0 Å². The molecule has 18 heavy (non-hydrogen) atoms. The Morgan fingerprint density at radius 2 is 1.94 bits per heavy atom. The number of ether oxygens (including phenoxy) is 1. The predicted octanol–water partition coefficient (Wildman–Crippen LogP) is 3.92. The first kappa shape index (κ1) is 14.2. The van der Waals surface area contributed by atoms with Gasteiger partial charge >= 0.3 is 0 Å². The molecular weight excluding hydrogens is 278 g/mol. The van der Waals surface area contributed by atoms with Gasteiger partial charge in [0.05, 0.1) is 18.7 Å². The maximum Gasteiger partial charge on any atom is 0.126 e. The van der Waals surface area contributed by atoms with E-state index in [-0.39, 0.29) is 19.5 Å². The average Bonchev–Trinajstić information content (AvgIpc) is 2.39. The van der Waals surface area contributed by atoms with Crippen molar-refractivity contribution in [1.29, 1.82) is 5.26 Å². The molecule has 0 saturated carbocycles. The van der Waals surface area contributed by atoms with Gasteiger partial charge in [0.25, 0.3) is 0 Å². The van der Waals surface area contributed by atoms with E-state index in [1.165, 1.54) is 0 Å². The van der Waals surface area contributed by atoms with E-state index in [1.807, 2.05) is 12.1 Å². The molecule has 0 heterocycles. The van der Waals surface area contributed by atoms with Crippen LogP contribution in [0.4, 0.5) is 5.69 Å². The van der Waals surface area contributed by atoms with Crippen LogP contribution in [0.2, 0.25) is 0 Å².